The summed E-state index contributed by atoms with van der Waals surface area (Å²) in [5.74, 6) is -1.26. The average Bonchev–Trinajstić information content (AvgIpc) is 3.36. The van der Waals surface area contributed by atoms with Crippen molar-refractivity contribution >= 4 is 50.9 Å². The number of nitrogens with zero attached hydrogens (tertiary/aromatic N) is 4. The van der Waals surface area contributed by atoms with E-state index in [2.05, 4.69) is 15.3 Å². The molecule has 1 N–H and O–H groups in total. The van der Waals surface area contributed by atoms with Gasteiger partial charge in [0.15, 0.2) is 6.10 Å². The van der Waals surface area contributed by atoms with Crippen LogP contribution in [0.4, 0.5) is 5.69 Å². The van der Waals surface area contributed by atoms with Crippen LogP contribution in [-0.4, -0.2) is 37.3 Å². The lowest BCUT2D eigenvalue weighted by Gasteiger charge is -2.14. The molecule has 5 rings (SSSR count). The van der Waals surface area contributed by atoms with E-state index in [9.17, 15) is 14.4 Å². The topological polar surface area (TPSA) is 108 Å². The van der Waals surface area contributed by atoms with Gasteiger partial charge in [0.1, 0.15) is 21.9 Å². The maximum atomic E-state index is 13.2. The largest absolute Gasteiger partial charge is 0.449 e. The van der Waals surface area contributed by atoms with Gasteiger partial charge in [-0.05, 0) is 57.5 Å². The lowest BCUT2D eigenvalue weighted by Crippen LogP contribution is -2.32. The normalized spacial score (nSPS) is 11.9. The molecule has 0 radical (unpaired) electrons. The molecule has 0 bridgehead atoms. The molecule has 11 heteroatoms. The predicted octanol–water partition coefficient (Wildman–Crippen LogP) is 5.44. The van der Waals surface area contributed by atoms with Crippen LogP contribution >= 0.6 is 23.1 Å². The first-order chi connectivity index (χ1) is 19.2. The van der Waals surface area contributed by atoms with E-state index in [0.717, 1.165) is 25.7 Å². The standard InChI is InChI=1S/C29H27N5O4S2/c1-16-19(4)39-26-23(16)27(31-15-30-26)40-22-14-10-9-13-21(22)29(37)38-18(3)25(35)32-24-17(2)33(5)34(28(24)36)20-11-7-6-8-12-20/h6-15,18H,1-5H3,(H,32,35)/t18-/m1/s1. The fourth-order valence-electron chi connectivity index (χ4n) is 4.27. The minimum absolute atomic E-state index is 0.129. The van der Waals surface area contributed by atoms with Crippen molar-refractivity contribution in [3.63, 3.8) is 0 Å². The number of aromatic nitrogens is 4. The number of anilines is 1. The Balaban J connectivity index is 1.35. The van der Waals surface area contributed by atoms with Crippen molar-refractivity contribution in [3.8, 4) is 5.69 Å². The minimum atomic E-state index is -1.15. The van der Waals surface area contributed by atoms with Crippen LogP contribution in [0.5, 0.6) is 0 Å². The van der Waals surface area contributed by atoms with Gasteiger partial charge in [-0.2, -0.15) is 0 Å². The van der Waals surface area contributed by atoms with E-state index in [-0.39, 0.29) is 11.2 Å². The predicted molar refractivity (Wildman–Crippen MR) is 157 cm³/mol. The third kappa shape index (κ3) is 5.05. The number of carbonyl (C=O) groups is 2. The molecule has 5 aromatic rings. The second kappa shape index (κ2) is 11.1. The van der Waals surface area contributed by atoms with Gasteiger partial charge in [-0.15, -0.1) is 11.3 Å². The number of thiophene rings is 1. The summed E-state index contributed by atoms with van der Waals surface area (Å²) >= 11 is 2.95. The molecule has 9 nitrogen and oxygen atoms in total. The van der Waals surface area contributed by atoms with Crippen molar-refractivity contribution in [3.05, 3.63) is 93.0 Å². The monoisotopic (exact) mass is 573 g/mol. The zero-order chi connectivity index (χ0) is 28.6. The van der Waals surface area contributed by atoms with Crippen LogP contribution in [0, 0.1) is 20.8 Å². The first kappa shape index (κ1) is 27.4. The molecular formula is C29H27N5O4S2. The molecule has 1 amide bonds. The molecular weight excluding hydrogens is 546 g/mol. The summed E-state index contributed by atoms with van der Waals surface area (Å²) in [6.07, 6.45) is 0.368. The first-order valence-corrected chi connectivity index (χ1v) is 14.1. The van der Waals surface area contributed by atoms with E-state index >= 15 is 0 Å². The summed E-state index contributed by atoms with van der Waals surface area (Å²) in [5, 5.41) is 4.36. The molecule has 3 heterocycles. The van der Waals surface area contributed by atoms with Gasteiger partial charge >= 0.3 is 5.97 Å². The number of benzene rings is 2. The quantitative estimate of drug-likeness (QED) is 0.204. The number of hydrogen-bond acceptors (Lipinski definition) is 8. The zero-order valence-electron chi connectivity index (χ0n) is 22.6. The van der Waals surface area contributed by atoms with Gasteiger partial charge in [-0.3, -0.25) is 14.3 Å². The molecule has 0 saturated heterocycles. The Kier molecular flexibility index (Phi) is 7.59. The molecule has 0 saturated carbocycles. The molecule has 0 fully saturated rings. The summed E-state index contributed by atoms with van der Waals surface area (Å²) in [4.78, 5) is 51.0. The summed E-state index contributed by atoms with van der Waals surface area (Å²) in [6.45, 7) is 7.29. The number of amides is 1. The fourth-order valence-corrected chi connectivity index (χ4v) is 6.40. The lowest BCUT2D eigenvalue weighted by atomic mass is 10.2. The highest BCUT2D eigenvalue weighted by molar-refractivity contribution is 7.99. The van der Waals surface area contributed by atoms with Crippen LogP contribution in [-0.2, 0) is 16.6 Å². The van der Waals surface area contributed by atoms with Crippen LogP contribution < -0.4 is 10.9 Å². The van der Waals surface area contributed by atoms with Crippen LogP contribution in [0.3, 0.4) is 0 Å². The zero-order valence-corrected chi connectivity index (χ0v) is 24.2. The highest BCUT2D eigenvalue weighted by Gasteiger charge is 2.25. The van der Waals surface area contributed by atoms with E-state index in [0.29, 0.717) is 21.8 Å². The molecule has 2 aromatic carbocycles. The first-order valence-electron chi connectivity index (χ1n) is 12.5. The maximum absolute atomic E-state index is 13.2. The number of esters is 1. The van der Waals surface area contributed by atoms with E-state index in [1.165, 1.54) is 29.7 Å². The maximum Gasteiger partial charge on any atom is 0.340 e. The number of para-hydroxylation sites is 1. The van der Waals surface area contributed by atoms with Gasteiger partial charge in [-0.1, -0.05) is 42.1 Å². The van der Waals surface area contributed by atoms with Crippen molar-refractivity contribution in [2.75, 3.05) is 5.32 Å². The van der Waals surface area contributed by atoms with Crippen molar-refractivity contribution in [2.45, 2.75) is 43.7 Å². The summed E-state index contributed by atoms with van der Waals surface area (Å²) in [7, 11) is 1.74. The minimum Gasteiger partial charge on any atom is -0.449 e. The van der Waals surface area contributed by atoms with E-state index in [1.54, 1.807) is 54.3 Å². The Labute approximate surface area is 238 Å². The molecule has 0 unspecified atom stereocenters. The molecule has 0 aliphatic rings. The third-order valence-electron chi connectivity index (χ3n) is 6.70. The van der Waals surface area contributed by atoms with Crippen molar-refractivity contribution in [2.24, 2.45) is 7.05 Å². The number of ether oxygens (including phenoxy) is 1. The fraction of sp³-hybridized carbons (Fsp3) is 0.207. The van der Waals surface area contributed by atoms with Gasteiger partial charge in [0.05, 0.1) is 16.9 Å². The lowest BCUT2D eigenvalue weighted by molar-refractivity contribution is -0.123. The van der Waals surface area contributed by atoms with Crippen molar-refractivity contribution < 1.29 is 14.3 Å². The smallest absolute Gasteiger partial charge is 0.340 e. The Morgan fingerprint density at radius 1 is 1.02 bits per heavy atom. The number of aryl methyl sites for hydroxylation is 2. The van der Waals surface area contributed by atoms with E-state index in [4.69, 9.17) is 4.74 Å². The van der Waals surface area contributed by atoms with Gasteiger partial charge in [0, 0.05) is 22.2 Å². The van der Waals surface area contributed by atoms with Gasteiger partial charge in [0.25, 0.3) is 11.5 Å². The van der Waals surface area contributed by atoms with Crippen LogP contribution in [0.2, 0.25) is 0 Å². The third-order valence-corrected chi connectivity index (χ3v) is 8.89. The average molecular weight is 574 g/mol. The second-order valence-electron chi connectivity index (χ2n) is 9.21. The summed E-state index contributed by atoms with van der Waals surface area (Å²) in [6, 6.07) is 16.2. The molecule has 1 atom stereocenters. The Bertz CT molecular complexity index is 1810. The van der Waals surface area contributed by atoms with Gasteiger partial charge < -0.3 is 10.1 Å². The highest BCUT2D eigenvalue weighted by atomic mass is 32.2. The van der Waals surface area contributed by atoms with Crippen LogP contribution in [0.25, 0.3) is 15.9 Å². The van der Waals surface area contributed by atoms with Crippen molar-refractivity contribution in [1.29, 1.82) is 0 Å². The van der Waals surface area contributed by atoms with E-state index < -0.39 is 18.0 Å². The molecule has 0 aliphatic heterocycles. The van der Waals surface area contributed by atoms with E-state index in [1.807, 2.05) is 44.2 Å². The highest BCUT2D eigenvalue weighted by Crippen LogP contribution is 2.38. The van der Waals surface area contributed by atoms with Gasteiger partial charge in [-0.25, -0.2) is 19.4 Å². The van der Waals surface area contributed by atoms with Crippen LogP contribution in [0.15, 0.2) is 75.6 Å². The second-order valence-corrected chi connectivity index (χ2v) is 11.4. The Hall–Kier alpha value is -4.22. The van der Waals surface area contributed by atoms with Crippen molar-refractivity contribution in [1.82, 2.24) is 19.3 Å². The summed E-state index contributed by atoms with van der Waals surface area (Å²) < 4.78 is 8.69. The molecule has 0 spiro atoms. The molecule has 3 aromatic heterocycles. The van der Waals surface area contributed by atoms with Gasteiger partial charge in [0.2, 0.25) is 0 Å². The molecule has 204 valence electrons. The summed E-state index contributed by atoms with van der Waals surface area (Å²) in [5.41, 5.74) is 2.40. The number of rotatable bonds is 7. The Morgan fingerprint density at radius 2 is 1.73 bits per heavy atom. The molecule has 0 aliphatic carbocycles. The number of fused-ring (bicyclic) bond motifs is 1. The number of nitrogens with one attached hydrogen (secondary N) is 1. The van der Waals surface area contributed by atoms with Crippen LogP contribution in [0.1, 0.15) is 33.4 Å². The number of carbonyl (C=O) groups excluding carboxylic acids is 2. The molecule has 40 heavy (non-hydrogen) atoms. The SMILES string of the molecule is Cc1sc2ncnc(Sc3ccccc3C(=O)O[C@H](C)C(=O)Nc3c(C)n(C)n(-c4ccccc4)c3=O)c2c1C. The number of hydrogen-bond donors (Lipinski definition) is 1. The Morgan fingerprint density at radius 3 is 2.48 bits per heavy atom.